The van der Waals surface area contributed by atoms with Crippen LogP contribution in [0.2, 0.25) is 0 Å². The summed E-state index contributed by atoms with van der Waals surface area (Å²) in [6, 6.07) is 7.24. The molecule has 0 radical (unpaired) electrons. The molecule has 1 aliphatic heterocycles. The molecule has 6 rings (SSSR count). The standard InChI is InChI=1S/C42H59N13O4/c1-28(2)50-36-23-37(55-18-11-31-22-29(24-43)25-49-38(31)55)48-26-34(36)40(57)51-32-9-7-30(8-10-32)39(56)46-13-4-20-59-21-5-15-53-17-12-33(27-53)52-41(58)35(44)6-3-16-54-19-14-47-42(54)45/h11,14,18-19,22-23,25-26,28,30,32-33,35H,3-10,12-13,15-17,20-21,27,44H2,1-2H3,(H2,45,47)(H,46,56)(H,48,50)(H,51,57)(H,52,58)/t30?,32?,33-,35+/m1/s1. The summed E-state index contributed by atoms with van der Waals surface area (Å²) >= 11 is 0. The second kappa shape index (κ2) is 20.9. The zero-order valence-electron chi connectivity index (χ0n) is 34.2. The molecule has 0 aromatic carbocycles. The van der Waals surface area contributed by atoms with Crippen LogP contribution in [-0.4, -0.2) is 110 Å². The Morgan fingerprint density at radius 2 is 1.78 bits per heavy atom. The first kappa shape index (κ1) is 43.0. The number of hydrogen-bond acceptors (Lipinski definition) is 12. The quantitative estimate of drug-likeness (QED) is 0.0707. The molecule has 8 N–H and O–H groups in total. The summed E-state index contributed by atoms with van der Waals surface area (Å²) in [7, 11) is 0. The van der Waals surface area contributed by atoms with Crippen molar-refractivity contribution in [1.82, 2.24) is 44.9 Å². The molecule has 1 saturated heterocycles. The van der Waals surface area contributed by atoms with E-state index in [1.165, 1.54) is 6.20 Å². The Labute approximate surface area is 345 Å². The number of imidazole rings is 1. The number of nitrogens with two attached hydrogens (primary N) is 2. The maximum atomic E-state index is 13.5. The minimum atomic E-state index is -0.545. The number of nitrogen functional groups attached to an aromatic ring is 1. The maximum Gasteiger partial charge on any atom is 0.255 e. The van der Waals surface area contributed by atoms with Gasteiger partial charge in [-0.2, -0.15) is 5.26 Å². The second-order valence-electron chi connectivity index (χ2n) is 16.0. The van der Waals surface area contributed by atoms with Gasteiger partial charge in [-0.25, -0.2) is 15.0 Å². The number of pyridine rings is 2. The zero-order chi connectivity index (χ0) is 41.7. The summed E-state index contributed by atoms with van der Waals surface area (Å²) in [6.45, 7) is 9.14. The second-order valence-corrected chi connectivity index (χ2v) is 16.0. The van der Waals surface area contributed by atoms with E-state index in [-0.39, 0.29) is 41.8 Å². The highest BCUT2D eigenvalue weighted by Crippen LogP contribution is 2.27. The number of nitrogens with one attached hydrogen (secondary N) is 4. The van der Waals surface area contributed by atoms with Crippen LogP contribution in [0.3, 0.4) is 0 Å². The third kappa shape index (κ3) is 12.0. The van der Waals surface area contributed by atoms with Gasteiger partial charge in [-0.15, -0.1) is 0 Å². The maximum absolute atomic E-state index is 13.5. The lowest BCUT2D eigenvalue weighted by atomic mass is 9.85. The van der Waals surface area contributed by atoms with Crippen LogP contribution in [0.25, 0.3) is 16.9 Å². The molecule has 316 valence electrons. The normalized spacial score (nSPS) is 18.7. The van der Waals surface area contributed by atoms with Crippen LogP contribution >= 0.6 is 0 Å². The number of amides is 3. The van der Waals surface area contributed by atoms with E-state index in [0.717, 1.165) is 63.5 Å². The van der Waals surface area contributed by atoms with E-state index in [4.69, 9.17) is 16.2 Å². The predicted molar refractivity (Wildman–Crippen MR) is 225 cm³/mol. The van der Waals surface area contributed by atoms with Crippen molar-refractivity contribution in [3.63, 3.8) is 0 Å². The number of hydrogen-bond donors (Lipinski definition) is 6. The van der Waals surface area contributed by atoms with E-state index in [0.29, 0.717) is 79.8 Å². The molecular weight excluding hydrogens is 751 g/mol. The topological polar surface area (TPSA) is 236 Å². The van der Waals surface area contributed by atoms with Crippen LogP contribution in [0.4, 0.5) is 11.6 Å². The highest BCUT2D eigenvalue weighted by Gasteiger charge is 2.28. The van der Waals surface area contributed by atoms with E-state index in [1.54, 1.807) is 18.5 Å². The molecule has 4 aromatic rings. The summed E-state index contributed by atoms with van der Waals surface area (Å²) in [5.41, 5.74) is 14.2. The van der Waals surface area contributed by atoms with Crippen LogP contribution in [0.15, 0.2) is 49.2 Å². The van der Waals surface area contributed by atoms with Gasteiger partial charge in [0.2, 0.25) is 11.8 Å². The average Bonchev–Trinajstić information content (AvgIpc) is 3.98. The Morgan fingerprint density at radius 3 is 2.54 bits per heavy atom. The Kier molecular flexibility index (Phi) is 15.2. The number of carbonyl (C=O) groups is 3. The molecule has 17 nitrogen and oxygen atoms in total. The van der Waals surface area contributed by atoms with E-state index >= 15 is 0 Å². The van der Waals surface area contributed by atoms with E-state index < -0.39 is 6.04 Å². The van der Waals surface area contributed by atoms with Gasteiger partial charge >= 0.3 is 0 Å². The summed E-state index contributed by atoms with van der Waals surface area (Å²) in [6.07, 6.45) is 15.2. The van der Waals surface area contributed by atoms with Gasteiger partial charge < -0.3 is 46.9 Å². The van der Waals surface area contributed by atoms with Crippen molar-refractivity contribution in [2.75, 3.05) is 50.4 Å². The largest absolute Gasteiger partial charge is 0.382 e. The van der Waals surface area contributed by atoms with Gasteiger partial charge in [-0.05, 0) is 83.8 Å². The van der Waals surface area contributed by atoms with Crippen LogP contribution in [-0.2, 0) is 20.9 Å². The lowest BCUT2D eigenvalue weighted by Crippen LogP contribution is -2.46. The Hall–Kier alpha value is -5.57. The smallest absolute Gasteiger partial charge is 0.255 e. The Bertz CT molecular complexity index is 2070. The SMILES string of the molecule is CC(C)Nc1cc(-n2ccc3cc(C#N)cnc32)ncc1C(=O)NC1CCC(C(=O)NCCCOCCCN2CC[C@@H](NC(=O)[C@@H](N)CCCn3ccnc3N)C2)CC1. The first-order chi connectivity index (χ1) is 28.6. The number of anilines is 2. The number of likely N-dealkylation sites (tertiary alicyclic amines) is 1. The van der Waals surface area contributed by atoms with Gasteiger partial charge in [-0.1, -0.05) is 0 Å². The third-order valence-corrected chi connectivity index (χ3v) is 11.1. The number of fused-ring (bicyclic) bond motifs is 1. The Morgan fingerprint density at radius 1 is 0.966 bits per heavy atom. The van der Waals surface area contributed by atoms with Gasteiger partial charge in [0, 0.05) is 112 Å². The van der Waals surface area contributed by atoms with Gasteiger partial charge in [0.25, 0.3) is 5.91 Å². The highest BCUT2D eigenvalue weighted by atomic mass is 16.5. The number of aromatic nitrogens is 5. The highest BCUT2D eigenvalue weighted by molar-refractivity contribution is 6.00. The molecule has 0 spiro atoms. The van der Waals surface area contributed by atoms with E-state index in [9.17, 15) is 19.6 Å². The van der Waals surface area contributed by atoms with E-state index in [2.05, 4.69) is 47.2 Å². The van der Waals surface area contributed by atoms with Gasteiger partial charge in [0.15, 0.2) is 5.95 Å². The lowest BCUT2D eigenvalue weighted by Gasteiger charge is -2.28. The minimum absolute atomic E-state index is 0.0306. The molecule has 2 atom stereocenters. The van der Waals surface area contributed by atoms with Crippen molar-refractivity contribution in [3.05, 3.63) is 60.3 Å². The molecule has 2 fully saturated rings. The number of nitriles is 1. The minimum Gasteiger partial charge on any atom is -0.382 e. The monoisotopic (exact) mass is 809 g/mol. The van der Waals surface area contributed by atoms with E-state index in [1.807, 2.05) is 47.5 Å². The molecule has 17 heteroatoms. The van der Waals surface area contributed by atoms with Gasteiger partial charge in [-0.3, -0.25) is 19.0 Å². The Balaban J connectivity index is 0.822. The summed E-state index contributed by atoms with van der Waals surface area (Å²) in [5.74, 6) is 0.749. The summed E-state index contributed by atoms with van der Waals surface area (Å²) in [4.78, 5) is 54.5. The van der Waals surface area contributed by atoms with Crippen molar-refractivity contribution < 1.29 is 19.1 Å². The van der Waals surface area contributed by atoms with Crippen LogP contribution in [0, 0.1) is 17.2 Å². The molecule has 0 bridgehead atoms. The fraction of sp³-hybridized carbons (Fsp3) is 0.548. The predicted octanol–water partition coefficient (Wildman–Crippen LogP) is 3.09. The summed E-state index contributed by atoms with van der Waals surface area (Å²) in [5, 5.41) is 22.8. The lowest BCUT2D eigenvalue weighted by molar-refractivity contribution is -0.126. The third-order valence-electron chi connectivity index (χ3n) is 11.1. The van der Waals surface area contributed by atoms with Crippen LogP contribution < -0.4 is 32.7 Å². The summed E-state index contributed by atoms with van der Waals surface area (Å²) < 4.78 is 9.53. The van der Waals surface area contributed by atoms with Crippen molar-refractivity contribution >= 4 is 40.4 Å². The fourth-order valence-electron chi connectivity index (χ4n) is 7.85. The van der Waals surface area contributed by atoms with Crippen molar-refractivity contribution in [2.24, 2.45) is 11.7 Å². The van der Waals surface area contributed by atoms with Crippen molar-refractivity contribution in [1.29, 1.82) is 5.26 Å². The van der Waals surface area contributed by atoms with Crippen LogP contribution in [0.1, 0.15) is 87.6 Å². The molecule has 1 aliphatic carbocycles. The molecule has 1 saturated carbocycles. The average molecular weight is 810 g/mol. The molecule has 3 amide bonds. The zero-order valence-corrected chi connectivity index (χ0v) is 34.2. The van der Waals surface area contributed by atoms with Gasteiger partial charge in [0.1, 0.15) is 17.5 Å². The first-order valence-corrected chi connectivity index (χ1v) is 20.9. The van der Waals surface area contributed by atoms with Gasteiger partial charge in [0.05, 0.1) is 22.9 Å². The molecule has 5 heterocycles. The number of ether oxygens (including phenoxy) is 1. The number of carbonyl (C=O) groups excluding carboxylic acids is 3. The molecule has 0 unspecified atom stereocenters. The molecule has 2 aliphatic rings. The van der Waals surface area contributed by atoms with Crippen molar-refractivity contribution in [3.8, 4) is 11.9 Å². The van der Waals surface area contributed by atoms with Crippen molar-refractivity contribution in [2.45, 2.75) is 102 Å². The molecule has 4 aromatic heterocycles. The molecular formula is C42H59N13O4. The number of aryl methyl sites for hydroxylation is 1. The number of nitrogens with zero attached hydrogens (tertiary/aromatic N) is 7. The fourth-order valence-corrected chi connectivity index (χ4v) is 7.85. The molecule has 59 heavy (non-hydrogen) atoms. The number of rotatable bonds is 20. The van der Waals surface area contributed by atoms with Crippen LogP contribution in [0.5, 0.6) is 0 Å². The first-order valence-electron chi connectivity index (χ1n) is 20.9.